The highest BCUT2D eigenvalue weighted by atomic mass is 35.5. The van der Waals surface area contributed by atoms with Gasteiger partial charge in [0.1, 0.15) is 0 Å². The largest absolute Gasteiger partial charge is 0.452 e. The Bertz CT molecular complexity index is 750. The molecule has 2 aromatic carbocycles. The van der Waals surface area contributed by atoms with Crippen molar-refractivity contribution in [2.75, 3.05) is 0 Å². The van der Waals surface area contributed by atoms with E-state index in [1.807, 2.05) is 37.3 Å². The van der Waals surface area contributed by atoms with Gasteiger partial charge in [0.25, 0.3) is 5.91 Å². The number of carbonyl (C=O) groups excluding carboxylic acids is 2. The van der Waals surface area contributed by atoms with Crippen LogP contribution in [0.4, 0.5) is 0 Å². The number of amides is 1. The van der Waals surface area contributed by atoms with E-state index in [0.29, 0.717) is 15.6 Å². The summed E-state index contributed by atoms with van der Waals surface area (Å²) in [7, 11) is 0. The van der Waals surface area contributed by atoms with Gasteiger partial charge in [0, 0.05) is 0 Å². The summed E-state index contributed by atoms with van der Waals surface area (Å²) in [5.74, 6) is -0.854. The van der Waals surface area contributed by atoms with E-state index in [9.17, 15) is 9.59 Å². The summed E-state index contributed by atoms with van der Waals surface area (Å²) in [6.07, 6.45) is -0.871. The van der Waals surface area contributed by atoms with E-state index in [1.165, 1.54) is 0 Å². The maximum atomic E-state index is 12.2. The molecule has 0 fully saturated rings. The Hall–Kier alpha value is -2.04. The third kappa shape index (κ3) is 5.76. The number of carbonyl (C=O) groups is 2. The van der Waals surface area contributed by atoms with Crippen LogP contribution in [-0.4, -0.2) is 18.0 Å². The number of nitrogens with one attached hydrogen (secondary N) is 1. The minimum absolute atomic E-state index is 0.0166. The van der Waals surface area contributed by atoms with Crippen molar-refractivity contribution in [3.63, 3.8) is 0 Å². The summed E-state index contributed by atoms with van der Waals surface area (Å²) < 4.78 is 5.20. The van der Waals surface area contributed by atoms with E-state index in [2.05, 4.69) is 5.32 Å². The third-order valence-corrected chi connectivity index (χ3v) is 4.41. The van der Waals surface area contributed by atoms with Crippen molar-refractivity contribution >= 4 is 35.1 Å². The molecule has 2 aromatic rings. The van der Waals surface area contributed by atoms with Crippen LogP contribution in [0.25, 0.3) is 0 Å². The van der Waals surface area contributed by atoms with E-state index < -0.39 is 12.1 Å². The second kappa shape index (κ2) is 8.88. The molecule has 0 saturated heterocycles. The molecule has 25 heavy (non-hydrogen) atoms. The summed E-state index contributed by atoms with van der Waals surface area (Å²) in [6.45, 7) is 3.41. The number of halogens is 2. The first-order valence-corrected chi connectivity index (χ1v) is 8.61. The Labute approximate surface area is 157 Å². The second-order valence-electron chi connectivity index (χ2n) is 5.70. The van der Waals surface area contributed by atoms with Gasteiger partial charge in [0.15, 0.2) is 6.10 Å². The molecule has 2 unspecified atom stereocenters. The molecule has 0 saturated carbocycles. The zero-order chi connectivity index (χ0) is 18.4. The van der Waals surface area contributed by atoms with Crippen LogP contribution in [0.5, 0.6) is 0 Å². The average Bonchev–Trinajstić information content (AvgIpc) is 2.58. The number of esters is 1. The Kier molecular flexibility index (Phi) is 6.85. The quantitative estimate of drug-likeness (QED) is 0.759. The Morgan fingerprint density at radius 1 is 1.04 bits per heavy atom. The predicted octanol–water partition coefficient (Wildman–Crippen LogP) is 4.35. The molecule has 1 amide bonds. The minimum Gasteiger partial charge on any atom is -0.452 e. The first kappa shape index (κ1) is 19.3. The molecule has 4 nitrogen and oxygen atoms in total. The topological polar surface area (TPSA) is 55.4 Å². The van der Waals surface area contributed by atoms with E-state index in [-0.39, 0.29) is 18.4 Å². The van der Waals surface area contributed by atoms with Gasteiger partial charge in [-0.3, -0.25) is 9.59 Å². The van der Waals surface area contributed by atoms with Crippen molar-refractivity contribution in [3.05, 3.63) is 69.7 Å². The Balaban J connectivity index is 1.87. The van der Waals surface area contributed by atoms with Crippen LogP contribution in [0.1, 0.15) is 31.0 Å². The molecule has 132 valence electrons. The van der Waals surface area contributed by atoms with Crippen LogP contribution in [0.3, 0.4) is 0 Å². The van der Waals surface area contributed by atoms with Crippen LogP contribution in [0, 0.1) is 0 Å². The minimum atomic E-state index is -0.888. The standard InChI is InChI=1S/C19H19Cl2NO3/c1-12(15-6-4-3-5-7-15)22-19(24)13(2)25-18(23)11-14-8-9-16(20)17(21)10-14/h3-10,12-13H,11H2,1-2H3,(H,22,24). The van der Waals surface area contributed by atoms with Crippen LogP contribution in [0.15, 0.2) is 48.5 Å². The lowest BCUT2D eigenvalue weighted by molar-refractivity contribution is -0.154. The van der Waals surface area contributed by atoms with Gasteiger partial charge >= 0.3 is 5.97 Å². The fourth-order valence-corrected chi connectivity index (χ4v) is 2.59. The van der Waals surface area contributed by atoms with Crippen molar-refractivity contribution in [2.24, 2.45) is 0 Å². The molecule has 0 bridgehead atoms. The lowest BCUT2D eigenvalue weighted by Gasteiger charge is -2.18. The van der Waals surface area contributed by atoms with Gasteiger partial charge in [0.2, 0.25) is 0 Å². The molecule has 0 aliphatic heterocycles. The van der Waals surface area contributed by atoms with Crippen LogP contribution in [-0.2, 0) is 20.7 Å². The summed E-state index contributed by atoms with van der Waals surface area (Å²) in [5, 5.41) is 3.61. The molecular weight excluding hydrogens is 361 g/mol. The Morgan fingerprint density at radius 3 is 2.36 bits per heavy atom. The lowest BCUT2D eigenvalue weighted by Crippen LogP contribution is -2.37. The zero-order valence-corrected chi connectivity index (χ0v) is 15.5. The number of hydrogen-bond acceptors (Lipinski definition) is 3. The summed E-state index contributed by atoms with van der Waals surface area (Å²) in [6, 6.07) is 14.3. The van der Waals surface area contributed by atoms with Crippen molar-refractivity contribution in [3.8, 4) is 0 Å². The summed E-state index contributed by atoms with van der Waals surface area (Å²) in [4.78, 5) is 24.2. The predicted molar refractivity (Wildman–Crippen MR) is 98.7 cm³/mol. The normalized spacial score (nSPS) is 13.0. The van der Waals surface area contributed by atoms with Crippen LogP contribution < -0.4 is 5.32 Å². The van der Waals surface area contributed by atoms with E-state index in [4.69, 9.17) is 27.9 Å². The van der Waals surface area contributed by atoms with Crippen molar-refractivity contribution < 1.29 is 14.3 Å². The van der Waals surface area contributed by atoms with Crippen molar-refractivity contribution in [2.45, 2.75) is 32.4 Å². The van der Waals surface area contributed by atoms with Crippen molar-refractivity contribution in [1.82, 2.24) is 5.32 Å². The molecule has 6 heteroatoms. The highest BCUT2D eigenvalue weighted by Gasteiger charge is 2.20. The van der Waals surface area contributed by atoms with Gasteiger partial charge in [-0.2, -0.15) is 0 Å². The number of ether oxygens (including phenoxy) is 1. The molecule has 0 heterocycles. The van der Waals surface area contributed by atoms with Gasteiger partial charge in [-0.05, 0) is 37.1 Å². The first-order chi connectivity index (χ1) is 11.9. The van der Waals surface area contributed by atoms with E-state index in [1.54, 1.807) is 25.1 Å². The monoisotopic (exact) mass is 379 g/mol. The number of benzene rings is 2. The highest BCUT2D eigenvalue weighted by Crippen LogP contribution is 2.23. The fourth-order valence-electron chi connectivity index (χ4n) is 2.26. The maximum Gasteiger partial charge on any atom is 0.311 e. The molecule has 0 aliphatic carbocycles. The lowest BCUT2D eigenvalue weighted by atomic mass is 10.1. The molecule has 0 radical (unpaired) electrons. The third-order valence-electron chi connectivity index (χ3n) is 3.67. The van der Waals surface area contributed by atoms with E-state index in [0.717, 1.165) is 5.56 Å². The fraction of sp³-hybridized carbons (Fsp3) is 0.263. The van der Waals surface area contributed by atoms with Crippen molar-refractivity contribution in [1.29, 1.82) is 0 Å². The molecule has 2 rings (SSSR count). The number of rotatable bonds is 6. The Morgan fingerprint density at radius 2 is 1.72 bits per heavy atom. The maximum absolute atomic E-state index is 12.2. The average molecular weight is 380 g/mol. The second-order valence-corrected chi connectivity index (χ2v) is 6.51. The first-order valence-electron chi connectivity index (χ1n) is 7.85. The zero-order valence-electron chi connectivity index (χ0n) is 14.0. The van der Waals surface area contributed by atoms with E-state index >= 15 is 0 Å². The van der Waals surface area contributed by atoms with Crippen LogP contribution >= 0.6 is 23.2 Å². The summed E-state index contributed by atoms with van der Waals surface area (Å²) >= 11 is 11.8. The van der Waals surface area contributed by atoms with Gasteiger partial charge in [-0.25, -0.2) is 0 Å². The molecule has 0 spiro atoms. The van der Waals surface area contributed by atoms with Gasteiger partial charge in [-0.15, -0.1) is 0 Å². The molecule has 1 N–H and O–H groups in total. The van der Waals surface area contributed by atoms with Crippen LogP contribution in [0.2, 0.25) is 10.0 Å². The van der Waals surface area contributed by atoms with Gasteiger partial charge in [0.05, 0.1) is 22.5 Å². The van der Waals surface area contributed by atoms with Gasteiger partial charge in [-0.1, -0.05) is 59.6 Å². The molecule has 0 aromatic heterocycles. The molecule has 2 atom stereocenters. The molecular formula is C19H19Cl2NO3. The van der Waals surface area contributed by atoms with Gasteiger partial charge < -0.3 is 10.1 Å². The summed E-state index contributed by atoms with van der Waals surface area (Å²) in [5.41, 5.74) is 1.65. The smallest absolute Gasteiger partial charge is 0.311 e. The SMILES string of the molecule is CC(OC(=O)Cc1ccc(Cl)c(Cl)c1)C(=O)NC(C)c1ccccc1. The number of hydrogen-bond donors (Lipinski definition) is 1. The highest BCUT2D eigenvalue weighted by molar-refractivity contribution is 6.42. The molecule has 0 aliphatic rings.